The zero-order valence-electron chi connectivity index (χ0n) is 15.1. The number of aliphatic imine (C=N–C) groups is 2. The van der Waals surface area contributed by atoms with Gasteiger partial charge in [-0.05, 0) is 24.3 Å². The topological polar surface area (TPSA) is 72.9 Å². The van der Waals surface area contributed by atoms with Crippen molar-refractivity contribution in [2.24, 2.45) is 15.8 Å². The average molecular weight is 368 g/mol. The standard InChI is InChI=1S/C22H18N5O/c23-27-11-10-25-14-20(27)21(17-5-1-6-17)26-22(27)18-7-2-8-19(12-18)28-15-16-4-3-9-24-13-16/h1-14H,15,23H2/q+1. The van der Waals surface area contributed by atoms with Crippen molar-refractivity contribution in [2.45, 2.75) is 6.61 Å². The van der Waals surface area contributed by atoms with Crippen LogP contribution in [0.4, 0.5) is 0 Å². The molecule has 0 bridgehead atoms. The number of nitrogens with zero attached hydrogens (tertiary/aromatic N) is 4. The SMILES string of the molecule is N[N+]12C=CN=CC1=C(C1=CC=C1)N=C2c1cccc(OCc2cccnc2)c1. The molecule has 0 radical (unpaired) electrons. The molecule has 28 heavy (non-hydrogen) atoms. The first-order valence-electron chi connectivity index (χ1n) is 8.97. The van der Waals surface area contributed by atoms with E-state index in [0.717, 1.165) is 39.7 Å². The summed E-state index contributed by atoms with van der Waals surface area (Å²) in [7, 11) is 0. The molecule has 1 unspecified atom stereocenters. The molecule has 3 heterocycles. The molecule has 2 aliphatic heterocycles. The summed E-state index contributed by atoms with van der Waals surface area (Å²) in [6, 6.07) is 11.7. The Labute approximate surface area is 162 Å². The van der Waals surface area contributed by atoms with Crippen molar-refractivity contribution in [1.82, 2.24) is 4.98 Å². The summed E-state index contributed by atoms with van der Waals surface area (Å²) < 4.78 is 5.94. The van der Waals surface area contributed by atoms with E-state index in [1.54, 1.807) is 24.8 Å². The quantitative estimate of drug-likeness (QED) is 0.650. The second-order valence-corrected chi connectivity index (χ2v) is 6.68. The van der Waals surface area contributed by atoms with Gasteiger partial charge in [-0.1, -0.05) is 30.4 Å². The van der Waals surface area contributed by atoms with Crippen LogP contribution in [0, 0.1) is 0 Å². The van der Waals surface area contributed by atoms with Crippen LogP contribution in [0.5, 0.6) is 5.75 Å². The highest BCUT2D eigenvalue weighted by Gasteiger charge is 2.44. The number of amidine groups is 1. The first kappa shape index (κ1) is 16.6. The molecule has 3 aliphatic rings. The van der Waals surface area contributed by atoms with Crippen molar-refractivity contribution >= 4 is 12.1 Å². The minimum atomic E-state index is -0.00390. The third-order valence-corrected chi connectivity index (χ3v) is 4.84. The first-order valence-corrected chi connectivity index (χ1v) is 8.97. The van der Waals surface area contributed by atoms with Crippen LogP contribution in [0.15, 0.2) is 106 Å². The van der Waals surface area contributed by atoms with Crippen LogP contribution >= 0.6 is 0 Å². The third-order valence-electron chi connectivity index (χ3n) is 4.84. The van der Waals surface area contributed by atoms with Crippen molar-refractivity contribution in [3.8, 4) is 5.75 Å². The van der Waals surface area contributed by atoms with Crippen molar-refractivity contribution in [1.29, 1.82) is 0 Å². The van der Waals surface area contributed by atoms with Gasteiger partial charge in [0, 0.05) is 23.5 Å². The molecule has 136 valence electrons. The Kier molecular flexibility index (Phi) is 3.86. The number of allylic oxidation sites excluding steroid dienone is 4. The molecule has 1 aromatic heterocycles. The smallest absolute Gasteiger partial charge is 0.265 e. The van der Waals surface area contributed by atoms with Crippen LogP contribution in [0.1, 0.15) is 11.1 Å². The molecule has 1 aliphatic carbocycles. The van der Waals surface area contributed by atoms with Crippen molar-refractivity contribution < 1.29 is 9.33 Å². The molecule has 5 rings (SSSR count). The predicted molar refractivity (Wildman–Crippen MR) is 108 cm³/mol. The molecule has 2 aromatic rings. The number of aromatic nitrogens is 1. The van der Waals surface area contributed by atoms with E-state index in [2.05, 4.69) is 9.98 Å². The van der Waals surface area contributed by atoms with Crippen molar-refractivity contribution in [2.75, 3.05) is 0 Å². The summed E-state index contributed by atoms with van der Waals surface area (Å²) in [6.07, 6.45) is 14.9. The number of rotatable bonds is 5. The van der Waals surface area contributed by atoms with E-state index in [9.17, 15) is 0 Å². The predicted octanol–water partition coefficient (Wildman–Crippen LogP) is 3.37. The van der Waals surface area contributed by atoms with Gasteiger partial charge in [0.2, 0.25) is 5.70 Å². The van der Waals surface area contributed by atoms with E-state index < -0.39 is 0 Å². The summed E-state index contributed by atoms with van der Waals surface area (Å²) in [5.74, 6) is 8.22. The van der Waals surface area contributed by atoms with Gasteiger partial charge in [0.15, 0.2) is 0 Å². The minimum Gasteiger partial charge on any atom is -0.489 e. The minimum absolute atomic E-state index is 0.00390. The van der Waals surface area contributed by atoms with E-state index in [1.807, 2.05) is 60.8 Å². The molecular formula is C22H18N5O+. The number of ether oxygens (including phenoxy) is 1. The van der Waals surface area contributed by atoms with E-state index in [-0.39, 0.29) is 4.59 Å². The van der Waals surface area contributed by atoms with E-state index >= 15 is 0 Å². The lowest BCUT2D eigenvalue weighted by molar-refractivity contribution is -0.750. The van der Waals surface area contributed by atoms with Crippen LogP contribution in [0.2, 0.25) is 0 Å². The molecule has 1 aromatic carbocycles. The molecular weight excluding hydrogens is 350 g/mol. The number of pyridine rings is 1. The normalized spacial score (nSPS) is 21.9. The average Bonchev–Trinajstić information content (AvgIpc) is 2.99. The number of benzene rings is 1. The van der Waals surface area contributed by atoms with E-state index in [4.69, 9.17) is 15.6 Å². The molecule has 0 fully saturated rings. The van der Waals surface area contributed by atoms with Gasteiger partial charge in [-0.15, -0.1) is 4.59 Å². The molecule has 0 saturated heterocycles. The highest BCUT2D eigenvalue weighted by atomic mass is 16.5. The first-order chi connectivity index (χ1) is 13.7. The Balaban J connectivity index is 1.46. The number of fused-ring (bicyclic) bond motifs is 1. The summed E-state index contributed by atoms with van der Waals surface area (Å²) in [6.45, 7) is 0.450. The van der Waals surface area contributed by atoms with Gasteiger partial charge in [-0.3, -0.25) is 9.98 Å². The Morgan fingerprint density at radius 1 is 1.14 bits per heavy atom. The van der Waals surface area contributed by atoms with Crippen molar-refractivity contribution in [3.05, 3.63) is 108 Å². The third kappa shape index (κ3) is 2.72. The lowest BCUT2D eigenvalue weighted by Crippen LogP contribution is -2.53. The van der Waals surface area contributed by atoms with Crippen LogP contribution in [0.25, 0.3) is 0 Å². The van der Waals surface area contributed by atoms with Gasteiger partial charge in [0.05, 0.1) is 18.0 Å². The van der Waals surface area contributed by atoms with Gasteiger partial charge in [-0.25, -0.2) is 0 Å². The van der Waals surface area contributed by atoms with Crippen LogP contribution < -0.4 is 10.6 Å². The maximum absolute atomic E-state index is 6.73. The number of nitrogens with two attached hydrogens (primary N) is 1. The molecule has 6 heteroatoms. The monoisotopic (exact) mass is 368 g/mol. The molecule has 2 N–H and O–H groups in total. The Bertz CT molecular complexity index is 1120. The zero-order valence-corrected chi connectivity index (χ0v) is 15.1. The maximum Gasteiger partial charge on any atom is 0.265 e. The summed E-state index contributed by atoms with van der Waals surface area (Å²) in [4.78, 5) is 13.2. The molecule has 1 atom stereocenters. The zero-order chi connectivity index (χ0) is 19.0. The fraction of sp³-hybridized carbons (Fsp3) is 0.0455. The van der Waals surface area contributed by atoms with Gasteiger partial charge in [0.1, 0.15) is 24.3 Å². The van der Waals surface area contributed by atoms with Crippen LogP contribution in [0.3, 0.4) is 0 Å². The van der Waals surface area contributed by atoms with E-state index in [0.29, 0.717) is 6.61 Å². The Morgan fingerprint density at radius 2 is 2.07 bits per heavy atom. The summed E-state index contributed by atoms with van der Waals surface area (Å²) >= 11 is 0. The highest BCUT2D eigenvalue weighted by molar-refractivity contribution is 6.01. The highest BCUT2D eigenvalue weighted by Crippen LogP contribution is 2.36. The molecule has 0 saturated carbocycles. The number of hydrogen-bond donors (Lipinski definition) is 1. The van der Waals surface area contributed by atoms with Gasteiger partial charge in [0.25, 0.3) is 5.84 Å². The summed E-state index contributed by atoms with van der Waals surface area (Å²) in [5, 5.41) is 0. The lowest BCUT2D eigenvalue weighted by Gasteiger charge is -2.26. The van der Waals surface area contributed by atoms with Gasteiger partial charge in [-0.2, -0.15) is 10.8 Å². The number of quaternary nitrogens is 1. The van der Waals surface area contributed by atoms with Crippen LogP contribution in [-0.4, -0.2) is 21.6 Å². The fourth-order valence-corrected chi connectivity index (χ4v) is 3.32. The van der Waals surface area contributed by atoms with Crippen molar-refractivity contribution in [3.63, 3.8) is 0 Å². The second kappa shape index (κ2) is 6.53. The van der Waals surface area contributed by atoms with E-state index in [1.165, 1.54) is 0 Å². The van der Waals surface area contributed by atoms with Crippen LogP contribution in [-0.2, 0) is 6.61 Å². The second-order valence-electron chi connectivity index (χ2n) is 6.68. The fourth-order valence-electron chi connectivity index (χ4n) is 3.32. The number of hydrogen-bond acceptors (Lipinski definition) is 5. The lowest BCUT2D eigenvalue weighted by atomic mass is 10.0. The molecule has 0 spiro atoms. The van der Waals surface area contributed by atoms with Gasteiger partial charge >= 0.3 is 0 Å². The Hall–Kier alpha value is -3.61. The molecule has 0 amide bonds. The van der Waals surface area contributed by atoms with Gasteiger partial charge < -0.3 is 4.74 Å². The summed E-state index contributed by atoms with van der Waals surface area (Å²) in [5.41, 5.74) is 4.69. The largest absolute Gasteiger partial charge is 0.489 e. The molecule has 6 nitrogen and oxygen atoms in total. The maximum atomic E-state index is 6.73. The Morgan fingerprint density at radius 3 is 2.86 bits per heavy atom.